The highest BCUT2D eigenvalue weighted by atomic mass is 16.6. The summed E-state index contributed by atoms with van der Waals surface area (Å²) in [7, 11) is 0. The van der Waals surface area contributed by atoms with Crippen LogP contribution in [-0.2, 0) is 10.3 Å². The molecule has 1 unspecified atom stereocenters. The van der Waals surface area contributed by atoms with Gasteiger partial charge in [-0.1, -0.05) is 185 Å². The highest BCUT2D eigenvalue weighted by molar-refractivity contribution is 6.01. The number of urea groups is 1. The van der Waals surface area contributed by atoms with Crippen LogP contribution in [0.5, 0.6) is 11.5 Å². The Labute approximate surface area is 380 Å². The van der Waals surface area contributed by atoms with Gasteiger partial charge in [-0.25, -0.2) is 9.59 Å². The number of nitrogens with zero attached hydrogens (tertiary/aromatic N) is 2. The number of anilines is 3. The number of ether oxygens (including phenoxy) is 2. The molecule has 1 atom stereocenters. The normalized spacial score (nSPS) is 14.8. The van der Waals surface area contributed by atoms with Crippen molar-refractivity contribution in [3.05, 3.63) is 113 Å². The Morgan fingerprint density at radius 3 is 1.75 bits per heavy atom. The van der Waals surface area contributed by atoms with Crippen LogP contribution in [0.1, 0.15) is 195 Å². The summed E-state index contributed by atoms with van der Waals surface area (Å²) in [5, 5.41) is 3.27. The largest absolute Gasteiger partial charge is 0.456 e. The molecule has 0 bridgehead atoms. The Morgan fingerprint density at radius 2 is 1.13 bits per heavy atom. The summed E-state index contributed by atoms with van der Waals surface area (Å²) in [4.78, 5) is 32.8. The van der Waals surface area contributed by atoms with Gasteiger partial charge in [0.1, 0.15) is 11.5 Å². The zero-order valence-electron chi connectivity index (χ0n) is 39.3. The molecule has 63 heavy (non-hydrogen) atoms. The van der Waals surface area contributed by atoms with E-state index < -0.39 is 5.60 Å². The van der Waals surface area contributed by atoms with E-state index in [0.717, 1.165) is 104 Å². The molecule has 0 saturated heterocycles. The number of rotatable bonds is 28. The van der Waals surface area contributed by atoms with Crippen LogP contribution in [0.3, 0.4) is 0 Å². The minimum atomic E-state index is -1.28. The third-order valence-corrected chi connectivity index (χ3v) is 13.2. The molecular formula is C56H77N3O4. The molecule has 1 spiro atoms. The minimum Gasteiger partial charge on any atom is -0.456 e. The van der Waals surface area contributed by atoms with Crippen LogP contribution in [0, 0.1) is 6.92 Å². The Bertz CT molecular complexity index is 2020. The average Bonchev–Trinajstić information content (AvgIpc) is 3.59. The Kier molecular flexibility index (Phi) is 18.9. The molecule has 0 saturated carbocycles. The lowest BCUT2D eigenvalue weighted by Gasteiger charge is -2.41. The van der Waals surface area contributed by atoms with Crippen molar-refractivity contribution in [1.29, 1.82) is 0 Å². The first-order chi connectivity index (χ1) is 30.9. The fourth-order valence-electron chi connectivity index (χ4n) is 9.70. The van der Waals surface area contributed by atoms with E-state index in [9.17, 15) is 9.59 Å². The third-order valence-electron chi connectivity index (χ3n) is 13.2. The second kappa shape index (κ2) is 24.9. The fraction of sp³-hybridized carbons (Fsp3) is 0.536. The summed E-state index contributed by atoms with van der Waals surface area (Å²) in [5.74, 6) is 0.945. The number of hydrogen-bond donors (Lipinski definition) is 1. The lowest BCUT2D eigenvalue weighted by Crippen LogP contribution is -2.39. The van der Waals surface area contributed by atoms with Crippen molar-refractivity contribution in [2.75, 3.05) is 29.4 Å². The van der Waals surface area contributed by atoms with Crippen molar-refractivity contribution in [3.8, 4) is 11.5 Å². The number of esters is 1. The summed E-state index contributed by atoms with van der Waals surface area (Å²) in [6.07, 6.45) is 27.7. The molecule has 2 heterocycles. The molecule has 7 nitrogen and oxygen atoms in total. The first kappa shape index (κ1) is 47.7. The number of unbranched alkanes of at least 4 members (excludes halogenated alkanes) is 19. The third kappa shape index (κ3) is 12.1. The van der Waals surface area contributed by atoms with Crippen molar-refractivity contribution >= 4 is 29.1 Å². The second-order valence-corrected chi connectivity index (χ2v) is 18.1. The number of amides is 2. The lowest BCUT2D eigenvalue weighted by atomic mass is 9.76. The number of aryl methyl sites for hydroxylation is 1. The molecule has 0 aliphatic carbocycles. The van der Waals surface area contributed by atoms with Crippen LogP contribution < -0.4 is 19.9 Å². The highest BCUT2D eigenvalue weighted by Gasteiger charge is 2.55. The predicted octanol–water partition coefficient (Wildman–Crippen LogP) is 15.9. The molecular weight excluding hydrogens is 779 g/mol. The fourth-order valence-corrected chi connectivity index (χ4v) is 9.70. The van der Waals surface area contributed by atoms with E-state index in [-0.39, 0.29) is 12.0 Å². The highest BCUT2D eigenvalue weighted by Crippen LogP contribution is 2.59. The quantitative estimate of drug-likeness (QED) is 0.0455. The van der Waals surface area contributed by atoms with E-state index in [1.807, 2.05) is 79.7 Å². The van der Waals surface area contributed by atoms with Crippen LogP contribution >= 0.6 is 0 Å². The van der Waals surface area contributed by atoms with E-state index in [1.165, 1.54) is 89.9 Å². The Hall–Kier alpha value is -4.78. The van der Waals surface area contributed by atoms with Crippen LogP contribution in [0.15, 0.2) is 84.9 Å². The first-order valence-electron chi connectivity index (χ1n) is 25.1. The smallest absolute Gasteiger partial charge is 0.340 e. The van der Waals surface area contributed by atoms with Gasteiger partial charge in [0.2, 0.25) is 0 Å². The van der Waals surface area contributed by atoms with Crippen LogP contribution in [0.4, 0.5) is 21.9 Å². The van der Waals surface area contributed by atoms with Gasteiger partial charge >= 0.3 is 12.0 Å². The van der Waals surface area contributed by atoms with E-state index >= 15 is 0 Å². The van der Waals surface area contributed by atoms with Crippen molar-refractivity contribution in [1.82, 2.24) is 5.32 Å². The zero-order valence-corrected chi connectivity index (χ0v) is 39.3. The van der Waals surface area contributed by atoms with Gasteiger partial charge in [-0.2, -0.15) is 0 Å². The molecule has 6 rings (SSSR count). The molecule has 4 aromatic rings. The van der Waals surface area contributed by atoms with Gasteiger partial charge in [-0.3, -0.25) is 4.90 Å². The summed E-state index contributed by atoms with van der Waals surface area (Å²) in [6.45, 7) is 11.2. The number of carbonyl (C=O) groups is 2. The van der Waals surface area contributed by atoms with Gasteiger partial charge in [0.05, 0.1) is 22.5 Å². The predicted molar refractivity (Wildman–Crippen MR) is 262 cm³/mol. The molecule has 1 N–H and O–H groups in total. The van der Waals surface area contributed by atoms with Gasteiger partial charge in [0.15, 0.2) is 5.60 Å². The molecule has 2 amide bonds. The summed E-state index contributed by atoms with van der Waals surface area (Å²) in [6, 6.07) is 27.7. The van der Waals surface area contributed by atoms with Crippen molar-refractivity contribution in [2.24, 2.45) is 0 Å². The number of para-hydroxylation sites is 1. The van der Waals surface area contributed by atoms with Gasteiger partial charge in [0, 0.05) is 36.4 Å². The van der Waals surface area contributed by atoms with Gasteiger partial charge < -0.3 is 19.7 Å². The van der Waals surface area contributed by atoms with E-state index in [0.29, 0.717) is 23.6 Å². The van der Waals surface area contributed by atoms with Gasteiger partial charge in [0.25, 0.3) is 0 Å². The maximum atomic E-state index is 14.5. The Balaban J connectivity index is 1.20. The van der Waals surface area contributed by atoms with Gasteiger partial charge in [-0.05, 0) is 74.2 Å². The number of benzene rings is 4. The molecule has 4 aromatic carbocycles. The van der Waals surface area contributed by atoms with Gasteiger partial charge in [-0.15, -0.1) is 0 Å². The van der Waals surface area contributed by atoms with Crippen molar-refractivity contribution < 1.29 is 19.1 Å². The van der Waals surface area contributed by atoms with Crippen molar-refractivity contribution in [3.63, 3.8) is 0 Å². The zero-order chi connectivity index (χ0) is 44.3. The number of carbonyl (C=O) groups excluding carboxylic acids is 2. The maximum Gasteiger partial charge on any atom is 0.340 e. The topological polar surface area (TPSA) is 71.1 Å². The van der Waals surface area contributed by atoms with Crippen LogP contribution in [0.25, 0.3) is 0 Å². The maximum absolute atomic E-state index is 14.5. The standard InChI is InChI=1S/C56H77N3O4/c1-5-8-11-12-13-14-15-16-17-18-19-20-21-22-23-29-39-57-55(61)59(45-33-25-24-26-34-45)50-43-48-52(42-44(50)4)62-51-38-32-37-49(58(40-30-9-6-2)41-31-10-7-3)53(51)56(48)47-36-28-27-35-46(47)54(60)63-56/h24-28,32-38,42-43H,5-23,29-31,39-41H2,1-4H3,(H,57,61). The van der Waals surface area contributed by atoms with E-state index in [1.54, 1.807) is 4.90 Å². The molecule has 340 valence electrons. The molecule has 0 radical (unpaired) electrons. The number of nitrogens with one attached hydrogen (secondary N) is 1. The van der Waals surface area contributed by atoms with E-state index in [4.69, 9.17) is 9.47 Å². The minimum absolute atomic E-state index is 0.182. The average molecular weight is 856 g/mol. The SMILES string of the molecule is CCCCCCCCCCCCCCCCCCNC(=O)N(c1ccccc1)c1cc2c(cc1C)Oc1cccc(N(CCCCC)CCCCC)c1C21OC(=O)c2ccccc21. The van der Waals surface area contributed by atoms with Crippen molar-refractivity contribution in [2.45, 2.75) is 175 Å². The molecule has 2 aliphatic heterocycles. The molecule has 0 fully saturated rings. The number of fused-ring (bicyclic) bond motifs is 6. The molecule has 0 aromatic heterocycles. The van der Waals surface area contributed by atoms with Crippen LogP contribution in [0.2, 0.25) is 0 Å². The molecule has 7 heteroatoms. The summed E-state index contributed by atoms with van der Waals surface area (Å²) < 4.78 is 13.7. The summed E-state index contributed by atoms with van der Waals surface area (Å²) in [5.41, 5.74) is 5.01. The van der Waals surface area contributed by atoms with Crippen LogP contribution in [-0.4, -0.2) is 31.6 Å². The second-order valence-electron chi connectivity index (χ2n) is 18.1. The summed E-state index contributed by atoms with van der Waals surface area (Å²) >= 11 is 0. The Morgan fingerprint density at radius 1 is 0.571 bits per heavy atom. The first-order valence-corrected chi connectivity index (χ1v) is 25.1. The monoisotopic (exact) mass is 856 g/mol. The lowest BCUT2D eigenvalue weighted by molar-refractivity contribution is 0.0226. The number of hydrogen-bond acceptors (Lipinski definition) is 5. The molecule has 2 aliphatic rings. The van der Waals surface area contributed by atoms with E-state index in [2.05, 4.69) is 43.1 Å².